The van der Waals surface area contributed by atoms with Gasteiger partial charge in [0.15, 0.2) is 0 Å². The van der Waals surface area contributed by atoms with Gasteiger partial charge < -0.3 is 5.11 Å². The third-order valence-corrected chi connectivity index (χ3v) is 4.13. The lowest BCUT2D eigenvalue weighted by Gasteiger charge is -2.07. The van der Waals surface area contributed by atoms with Crippen molar-refractivity contribution in [3.05, 3.63) is 47.8 Å². The SMILES string of the molecule is Cc1[nH]ncc1S(=O)(=O)Nc1cccc(/C=C/C(=O)O)c1. The zero-order valence-corrected chi connectivity index (χ0v) is 11.9. The molecule has 0 saturated heterocycles. The van der Waals surface area contributed by atoms with Crippen LogP contribution >= 0.6 is 0 Å². The van der Waals surface area contributed by atoms with E-state index in [1.54, 1.807) is 25.1 Å². The number of carboxylic acid groups (broad SMARTS) is 1. The van der Waals surface area contributed by atoms with Crippen LogP contribution in [0.25, 0.3) is 6.08 Å². The van der Waals surface area contributed by atoms with E-state index in [2.05, 4.69) is 14.9 Å². The largest absolute Gasteiger partial charge is 0.478 e. The number of aliphatic carboxylic acids is 1. The summed E-state index contributed by atoms with van der Waals surface area (Å²) in [6.07, 6.45) is 3.59. The Morgan fingerprint density at radius 1 is 1.43 bits per heavy atom. The summed E-state index contributed by atoms with van der Waals surface area (Å²) in [4.78, 5) is 10.5. The van der Waals surface area contributed by atoms with Gasteiger partial charge in [-0.1, -0.05) is 12.1 Å². The second kappa shape index (κ2) is 5.80. The molecule has 0 fully saturated rings. The van der Waals surface area contributed by atoms with Gasteiger partial charge in [-0.05, 0) is 30.7 Å². The number of aromatic amines is 1. The number of benzene rings is 1. The van der Waals surface area contributed by atoms with Gasteiger partial charge in [-0.2, -0.15) is 5.10 Å². The molecule has 2 aromatic rings. The number of H-pyrrole nitrogens is 1. The topological polar surface area (TPSA) is 112 Å². The van der Waals surface area contributed by atoms with Crippen LogP contribution in [0.15, 0.2) is 41.4 Å². The second-order valence-electron chi connectivity index (χ2n) is 4.26. The lowest BCUT2D eigenvalue weighted by molar-refractivity contribution is -0.131. The van der Waals surface area contributed by atoms with Gasteiger partial charge >= 0.3 is 5.97 Å². The van der Waals surface area contributed by atoms with E-state index >= 15 is 0 Å². The van der Waals surface area contributed by atoms with Crippen molar-refractivity contribution in [2.75, 3.05) is 4.72 Å². The van der Waals surface area contributed by atoms with E-state index in [9.17, 15) is 13.2 Å². The van der Waals surface area contributed by atoms with Crippen LogP contribution in [0.4, 0.5) is 5.69 Å². The number of hydrogen-bond donors (Lipinski definition) is 3. The molecule has 1 aromatic heterocycles. The summed E-state index contributed by atoms with van der Waals surface area (Å²) >= 11 is 0. The van der Waals surface area contributed by atoms with E-state index in [1.807, 2.05) is 0 Å². The molecule has 0 radical (unpaired) electrons. The molecule has 0 amide bonds. The highest BCUT2D eigenvalue weighted by Gasteiger charge is 2.18. The zero-order valence-electron chi connectivity index (χ0n) is 11.1. The number of nitrogens with one attached hydrogen (secondary N) is 2. The molecule has 1 aromatic carbocycles. The van der Waals surface area contributed by atoms with Gasteiger partial charge in [-0.25, -0.2) is 13.2 Å². The van der Waals surface area contributed by atoms with E-state index in [-0.39, 0.29) is 4.90 Å². The summed E-state index contributed by atoms with van der Waals surface area (Å²) in [5.41, 5.74) is 1.34. The number of aromatic nitrogens is 2. The number of anilines is 1. The maximum absolute atomic E-state index is 12.2. The molecule has 21 heavy (non-hydrogen) atoms. The fourth-order valence-electron chi connectivity index (χ4n) is 1.69. The number of sulfonamides is 1. The summed E-state index contributed by atoms with van der Waals surface area (Å²) in [5, 5.41) is 14.8. The van der Waals surface area contributed by atoms with E-state index in [1.165, 1.54) is 18.3 Å². The number of carbonyl (C=O) groups is 1. The van der Waals surface area contributed by atoms with Gasteiger partial charge in [0.25, 0.3) is 10.0 Å². The van der Waals surface area contributed by atoms with Gasteiger partial charge in [-0.15, -0.1) is 0 Å². The zero-order chi connectivity index (χ0) is 15.5. The summed E-state index contributed by atoms with van der Waals surface area (Å²) in [6, 6.07) is 6.40. The summed E-state index contributed by atoms with van der Waals surface area (Å²) in [7, 11) is -3.73. The second-order valence-corrected chi connectivity index (χ2v) is 5.91. The molecule has 0 saturated carbocycles. The van der Waals surface area contributed by atoms with Gasteiger partial charge in [0.05, 0.1) is 11.9 Å². The third kappa shape index (κ3) is 3.69. The van der Waals surface area contributed by atoms with Crippen LogP contribution in [-0.4, -0.2) is 29.7 Å². The van der Waals surface area contributed by atoms with E-state index in [4.69, 9.17) is 5.11 Å². The molecular weight excluding hydrogens is 294 g/mol. The minimum Gasteiger partial charge on any atom is -0.478 e. The molecule has 0 atom stereocenters. The average Bonchev–Trinajstić information content (AvgIpc) is 2.83. The van der Waals surface area contributed by atoms with Crippen molar-refractivity contribution in [3.8, 4) is 0 Å². The minimum absolute atomic E-state index is 0.0639. The molecule has 0 spiro atoms. The van der Waals surface area contributed by atoms with Crippen molar-refractivity contribution in [2.45, 2.75) is 11.8 Å². The molecule has 7 nitrogen and oxygen atoms in total. The van der Waals surface area contributed by atoms with Crippen LogP contribution in [0, 0.1) is 6.92 Å². The smallest absolute Gasteiger partial charge is 0.328 e. The first-order chi connectivity index (χ1) is 9.88. The Bertz CT molecular complexity index is 793. The lowest BCUT2D eigenvalue weighted by Crippen LogP contribution is -2.13. The first-order valence-electron chi connectivity index (χ1n) is 5.92. The standard InChI is InChI=1S/C13H13N3O4S/c1-9-12(8-14-15-9)21(19,20)16-11-4-2-3-10(7-11)5-6-13(17)18/h2-8,16H,1H3,(H,14,15)(H,17,18)/b6-5+. The Balaban J connectivity index is 2.26. The Hall–Kier alpha value is -2.61. The molecule has 0 bridgehead atoms. The lowest BCUT2D eigenvalue weighted by atomic mass is 10.2. The highest BCUT2D eigenvalue weighted by molar-refractivity contribution is 7.92. The minimum atomic E-state index is -3.73. The van der Waals surface area contributed by atoms with Crippen molar-refractivity contribution in [1.29, 1.82) is 0 Å². The molecule has 2 rings (SSSR count). The van der Waals surface area contributed by atoms with Crippen molar-refractivity contribution >= 4 is 27.8 Å². The molecule has 0 aliphatic rings. The van der Waals surface area contributed by atoms with E-state index in [0.29, 0.717) is 16.9 Å². The Morgan fingerprint density at radius 2 is 2.19 bits per heavy atom. The molecular formula is C13H13N3O4S. The van der Waals surface area contributed by atoms with Gasteiger partial charge in [0, 0.05) is 11.8 Å². The normalized spacial score (nSPS) is 11.7. The number of hydrogen-bond acceptors (Lipinski definition) is 4. The molecule has 0 unspecified atom stereocenters. The van der Waals surface area contributed by atoms with Crippen LogP contribution in [0.5, 0.6) is 0 Å². The predicted molar refractivity (Wildman–Crippen MR) is 77.2 cm³/mol. The fraction of sp³-hybridized carbons (Fsp3) is 0.0769. The van der Waals surface area contributed by atoms with Crippen LogP contribution < -0.4 is 4.72 Å². The molecule has 8 heteroatoms. The Morgan fingerprint density at radius 3 is 2.81 bits per heavy atom. The predicted octanol–water partition coefficient (Wildman–Crippen LogP) is 1.62. The van der Waals surface area contributed by atoms with Crippen LogP contribution in [0.1, 0.15) is 11.3 Å². The first-order valence-corrected chi connectivity index (χ1v) is 7.41. The van der Waals surface area contributed by atoms with Crippen molar-refractivity contribution < 1.29 is 18.3 Å². The summed E-state index contributed by atoms with van der Waals surface area (Å²) in [6.45, 7) is 1.60. The van der Waals surface area contributed by atoms with Gasteiger partial charge in [0.2, 0.25) is 0 Å². The maximum atomic E-state index is 12.2. The van der Waals surface area contributed by atoms with E-state index < -0.39 is 16.0 Å². The van der Waals surface area contributed by atoms with E-state index in [0.717, 1.165) is 6.08 Å². The molecule has 110 valence electrons. The van der Waals surface area contributed by atoms with Gasteiger partial charge in [0.1, 0.15) is 4.90 Å². The summed E-state index contributed by atoms with van der Waals surface area (Å²) in [5.74, 6) is -1.07. The highest BCUT2D eigenvalue weighted by atomic mass is 32.2. The van der Waals surface area contributed by atoms with Crippen molar-refractivity contribution in [1.82, 2.24) is 10.2 Å². The van der Waals surface area contributed by atoms with Crippen LogP contribution in [-0.2, 0) is 14.8 Å². The highest BCUT2D eigenvalue weighted by Crippen LogP contribution is 2.19. The van der Waals surface area contributed by atoms with Crippen LogP contribution in [0.2, 0.25) is 0 Å². The quantitative estimate of drug-likeness (QED) is 0.727. The van der Waals surface area contributed by atoms with Crippen LogP contribution in [0.3, 0.4) is 0 Å². The Kier molecular flexibility index (Phi) is 4.08. The molecule has 0 aliphatic carbocycles. The third-order valence-electron chi connectivity index (χ3n) is 2.63. The maximum Gasteiger partial charge on any atom is 0.328 e. The van der Waals surface area contributed by atoms with Gasteiger partial charge in [-0.3, -0.25) is 9.82 Å². The first kappa shape index (κ1) is 14.8. The summed E-state index contributed by atoms with van der Waals surface area (Å²) < 4.78 is 26.8. The molecule has 1 heterocycles. The average molecular weight is 307 g/mol. The van der Waals surface area contributed by atoms with Crippen molar-refractivity contribution in [3.63, 3.8) is 0 Å². The Labute approximate surface area is 121 Å². The molecule has 0 aliphatic heterocycles. The van der Waals surface area contributed by atoms with Crippen molar-refractivity contribution in [2.24, 2.45) is 0 Å². The fourth-order valence-corrected chi connectivity index (χ4v) is 2.88. The monoisotopic (exact) mass is 307 g/mol. The number of rotatable bonds is 5. The molecule has 3 N–H and O–H groups in total. The number of nitrogens with zero attached hydrogens (tertiary/aromatic N) is 1. The number of aryl methyl sites for hydroxylation is 1. The number of carboxylic acids is 1.